The van der Waals surface area contributed by atoms with E-state index in [2.05, 4.69) is 5.32 Å². The molecule has 2 atom stereocenters. The SMILES string of the molecule is C[C@H](C#N)C[C@@H](NC(=O)Cc1ccc(F)cc1)C(=O)O. The van der Waals surface area contributed by atoms with Crippen molar-refractivity contribution < 1.29 is 19.1 Å². The summed E-state index contributed by atoms with van der Waals surface area (Å²) in [5.41, 5.74) is 0.585. The van der Waals surface area contributed by atoms with E-state index in [0.717, 1.165) is 0 Å². The number of rotatable bonds is 6. The average molecular weight is 278 g/mol. The number of hydrogen-bond acceptors (Lipinski definition) is 3. The fourth-order valence-corrected chi connectivity index (χ4v) is 1.66. The van der Waals surface area contributed by atoms with E-state index in [1.54, 1.807) is 6.92 Å². The Bertz CT molecular complexity index is 522. The van der Waals surface area contributed by atoms with Crippen molar-refractivity contribution in [2.24, 2.45) is 5.92 Å². The minimum Gasteiger partial charge on any atom is -0.480 e. The highest BCUT2D eigenvalue weighted by atomic mass is 19.1. The van der Waals surface area contributed by atoms with Gasteiger partial charge < -0.3 is 10.4 Å². The number of carboxylic acids is 1. The summed E-state index contributed by atoms with van der Waals surface area (Å²) in [6, 6.07) is 6.21. The van der Waals surface area contributed by atoms with E-state index in [0.29, 0.717) is 5.56 Å². The lowest BCUT2D eigenvalue weighted by Crippen LogP contribution is -2.42. The van der Waals surface area contributed by atoms with Crippen LogP contribution in [0.15, 0.2) is 24.3 Å². The minimum atomic E-state index is -1.18. The number of nitrogens with one attached hydrogen (secondary N) is 1. The molecule has 0 aliphatic rings. The van der Waals surface area contributed by atoms with Gasteiger partial charge in [-0.1, -0.05) is 12.1 Å². The summed E-state index contributed by atoms with van der Waals surface area (Å²) in [4.78, 5) is 22.7. The highest BCUT2D eigenvalue weighted by Gasteiger charge is 2.22. The van der Waals surface area contributed by atoms with Crippen LogP contribution < -0.4 is 5.32 Å². The van der Waals surface area contributed by atoms with Crippen molar-refractivity contribution >= 4 is 11.9 Å². The molecule has 1 aromatic rings. The second-order valence-electron chi connectivity index (χ2n) is 4.53. The number of amides is 1. The first-order valence-electron chi connectivity index (χ1n) is 6.08. The second-order valence-corrected chi connectivity index (χ2v) is 4.53. The molecule has 0 fully saturated rings. The summed E-state index contributed by atoms with van der Waals surface area (Å²) < 4.78 is 12.7. The number of carboxylic acid groups (broad SMARTS) is 1. The molecule has 0 saturated heterocycles. The minimum absolute atomic E-state index is 0.0367. The van der Waals surface area contributed by atoms with Crippen molar-refractivity contribution in [2.45, 2.75) is 25.8 Å². The van der Waals surface area contributed by atoms with Crippen LogP contribution in [0.1, 0.15) is 18.9 Å². The standard InChI is InChI=1S/C14H15FN2O3/c1-9(8-16)6-12(14(19)20)17-13(18)7-10-2-4-11(15)5-3-10/h2-5,9,12H,6-7H2,1H3,(H,17,18)(H,19,20)/t9-,12+/m0/s1. The molecule has 1 amide bonds. The maximum absolute atomic E-state index is 12.7. The molecule has 0 bridgehead atoms. The Morgan fingerprint density at radius 2 is 2.00 bits per heavy atom. The van der Waals surface area contributed by atoms with Gasteiger partial charge in [0.1, 0.15) is 11.9 Å². The maximum atomic E-state index is 12.7. The van der Waals surface area contributed by atoms with Crippen LogP contribution in [0.5, 0.6) is 0 Å². The fraction of sp³-hybridized carbons (Fsp3) is 0.357. The average Bonchev–Trinajstić information content (AvgIpc) is 2.40. The van der Waals surface area contributed by atoms with E-state index in [-0.39, 0.29) is 12.8 Å². The van der Waals surface area contributed by atoms with Crippen LogP contribution in [0.25, 0.3) is 0 Å². The largest absolute Gasteiger partial charge is 0.480 e. The first-order chi connectivity index (χ1) is 9.42. The Balaban J connectivity index is 2.60. The molecule has 1 rings (SSSR count). The van der Waals surface area contributed by atoms with Gasteiger partial charge in [-0.25, -0.2) is 9.18 Å². The smallest absolute Gasteiger partial charge is 0.326 e. The lowest BCUT2D eigenvalue weighted by atomic mass is 10.0. The molecule has 0 radical (unpaired) electrons. The number of carbonyl (C=O) groups is 2. The molecule has 106 valence electrons. The number of benzene rings is 1. The highest BCUT2D eigenvalue weighted by molar-refractivity contribution is 5.84. The van der Waals surface area contributed by atoms with Crippen molar-refractivity contribution in [1.29, 1.82) is 5.26 Å². The van der Waals surface area contributed by atoms with E-state index in [1.807, 2.05) is 6.07 Å². The molecule has 0 aromatic heterocycles. The zero-order chi connectivity index (χ0) is 15.1. The van der Waals surface area contributed by atoms with E-state index in [4.69, 9.17) is 10.4 Å². The van der Waals surface area contributed by atoms with Crippen molar-refractivity contribution in [3.8, 4) is 6.07 Å². The predicted octanol–water partition coefficient (Wildman–Crippen LogP) is 1.49. The number of carbonyl (C=O) groups excluding carboxylic acids is 1. The van der Waals surface area contributed by atoms with Gasteiger partial charge in [0.15, 0.2) is 0 Å². The third-order valence-electron chi connectivity index (χ3n) is 2.72. The van der Waals surface area contributed by atoms with E-state index in [1.165, 1.54) is 24.3 Å². The van der Waals surface area contributed by atoms with Gasteiger partial charge in [-0.15, -0.1) is 0 Å². The zero-order valence-electron chi connectivity index (χ0n) is 11.0. The first kappa shape index (κ1) is 15.6. The monoisotopic (exact) mass is 278 g/mol. The third-order valence-corrected chi connectivity index (χ3v) is 2.72. The number of aliphatic carboxylic acids is 1. The second kappa shape index (κ2) is 7.24. The van der Waals surface area contributed by atoms with Gasteiger partial charge in [-0.05, 0) is 31.0 Å². The Kier molecular flexibility index (Phi) is 5.66. The topological polar surface area (TPSA) is 90.2 Å². The molecular weight excluding hydrogens is 263 g/mol. The molecule has 2 N–H and O–H groups in total. The van der Waals surface area contributed by atoms with Gasteiger partial charge in [0, 0.05) is 5.92 Å². The van der Waals surface area contributed by atoms with Gasteiger partial charge in [0.05, 0.1) is 12.5 Å². The van der Waals surface area contributed by atoms with E-state index in [9.17, 15) is 14.0 Å². The van der Waals surface area contributed by atoms with Crippen LogP contribution in [0.3, 0.4) is 0 Å². The van der Waals surface area contributed by atoms with Gasteiger partial charge in [0.2, 0.25) is 5.91 Å². The number of nitrogens with zero attached hydrogens (tertiary/aromatic N) is 1. The quantitative estimate of drug-likeness (QED) is 0.824. The summed E-state index contributed by atoms with van der Waals surface area (Å²) in [6.07, 6.45) is 0.00594. The van der Waals surface area contributed by atoms with Gasteiger partial charge >= 0.3 is 5.97 Å². The third kappa shape index (κ3) is 5.06. The summed E-state index contributed by atoms with van der Waals surface area (Å²) in [6.45, 7) is 1.59. The van der Waals surface area contributed by atoms with Crippen molar-refractivity contribution in [1.82, 2.24) is 5.32 Å². The number of halogens is 1. The molecule has 6 heteroatoms. The highest BCUT2D eigenvalue weighted by Crippen LogP contribution is 2.07. The summed E-state index contributed by atoms with van der Waals surface area (Å²) in [5.74, 6) is -2.53. The van der Waals surface area contributed by atoms with Crippen molar-refractivity contribution in [2.75, 3.05) is 0 Å². The van der Waals surface area contributed by atoms with Crippen LogP contribution >= 0.6 is 0 Å². The summed E-state index contributed by atoms with van der Waals surface area (Å²) in [5, 5.41) is 20.0. The number of nitriles is 1. The Morgan fingerprint density at radius 3 is 2.50 bits per heavy atom. The predicted molar refractivity (Wildman–Crippen MR) is 69.1 cm³/mol. The van der Waals surface area contributed by atoms with Crippen molar-refractivity contribution in [3.05, 3.63) is 35.6 Å². The summed E-state index contributed by atoms with van der Waals surface area (Å²) in [7, 11) is 0. The normalized spacial score (nSPS) is 13.1. The number of hydrogen-bond donors (Lipinski definition) is 2. The molecule has 0 spiro atoms. The molecule has 0 unspecified atom stereocenters. The molecular formula is C14H15FN2O3. The van der Waals surface area contributed by atoms with Crippen LogP contribution in [0.4, 0.5) is 4.39 Å². The molecule has 0 aliphatic carbocycles. The molecule has 1 aromatic carbocycles. The van der Waals surface area contributed by atoms with Crippen molar-refractivity contribution in [3.63, 3.8) is 0 Å². The summed E-state index contributed by atoms with van der Waals surface area (Å²) >= 11 is 0. The molecule has 0 aliphatic heterocycles. The van der Waals surface area contributed by atoms with Gasteiger partial charge in [0.25, 0.3) is 0 Å². The first-order valence-corrected chi connectivity index (χ1v) is 6.08. The van der Waals surface area contributed by atoms with E-state index >= 15 is 0 Å². The van der Waals surface area contributed by atoms with E-state index < -0.39 is 29.7 Å². The fourth-order valence-electron chi connectivity index (χ4n) is 1.66. The molecule has 0 heterocycles. The van der Waals surface area contributed by atoms with Crippen LogP contribution in [0.2, 0.25) is 0 Å². The molecule has 20 heavy (non-hydrogen) atoms. The van der Waals surface area contributed by atoms with Crippen LogP contribution in [0, 0.1) is 23.1 Å². The zero-order valence-corrected chi connectivity index (χ0v) is 11.0. The van der Waals surface area contributed by atoms with Crippen LogP contribution in [-0.4, -0.2) is 23.0 Å². The Labute approximate surface area is 116 Å². The lowest BCUT2D eigenvalue weighted by Gasteiger charge is -2.15. The molecule has 5 nitrogen and oxygen atoms in total. The van der Waals surface area contributed by atoms with Gasteiger partial charge in [-0.2, -0.15) is 5.26 Å². The maximum Gasteiger partial charge on any atom is 0.326 e. The Hall–Kier alpha value is -2.42. The Morgan fingerprint density at radius 1 is 1.40 bits per heavy atom. The van der Waals surface area contributed by atoms with Crippen LogP contribution in [-0.2, 0) is 16.0 Å². The lowest BCUT2D eigenvalue weighted by molar-refractivity contribution is -0.142. The molecule has 0 saturated carbocycles. The van der Waals surface area contributed by atoms with Gasteiger partial charge in [-0.3, -0.25) is 4.79 Å².